The van der Waals surface area contributed by atoms with E-state index in [2.05, 4.69) is 4.98 Å². The molecule has 0 aliphatic carbocycles. The molecule has 10 heteroatoms. The molecule has 0 atom stereocenters. The lowest BCUT2D eigenvalue weighted by atomic mass is 9.99. The number of carboxylic acids is 1. The second kappa shape index (κ2) is 9.36. The van der Waals surface area contributed by atoms with Crippen LogP contribution in [0.4, 0.5) is 13.2 Å². The maximum atomic E-state index is 12.8. The Morgan fingerprint density at radius 3 is 2.32 bits per heavy atom. The lowest BCUT2D eigenvalue weighted by Crippen LogP contribution is -2.47. The Labute approximate surface area is 197 Å². The quantitative estimate of drug-likeness (QED) is 0.478. The van der Waals surface area contributed by atoms with Crippen LogP contribution in [0.15, 0.2) is 48.5 Å². The van der Waals surface area contributed by atoms with Crippen LogP contribution in [0.1, 0.15) is 34.5 Å². The topological polar surface area (TPSA) is 77.9 Å². The summed E-state index contributed by atoms with van der Waals surface area (Å²) in [6, 6.07) is 12.3. The van der Waals surface area contributed by atoms with Gasteiger partial charge in [-0.05, 0) is 36.8 Å². The lowest BCUT2D eigenvalue weighted by molar-refractivity contribution is -0.262. The highest BCUT2D eigenvalue weighted by Gasteiger charge is 2.40. The Kier molecular flexibility index (Phi) is 6.66. The van der Waals surface area contributed by atoms with Gasteiger partial charge in [0.1, 0.15) is 17.4 Å². The van der Waals surface area contributed by atoms with Crippen molar-refractivity contribution >= 4 is 17.3 Å². The third-order valence-electron chi connectivity index (χ3n) is 5.58. The molecule has 1 aliphatic rings. The Balaban J connectivity index is 1.36. The number of thiazole rings is 1. The molecule has 180 valence electrons. The number of benzene rings is 2. The van der Waals surface area contributed by atoms with E-state index in [4.69, 9.17) is 19.3 Å². The monoisotopic (exact) mass is 493 g/mol. The number of carboxylic acid groups (broad SMARTS) is 1. The SMILES string of the molecule is Cc1nc(-c2ccc(C(F)(F)F)cc2)sc1COc1ccc([C@H]2CO[C@@](C)(C(=O)O)OC2)cc1. The first-order valence-electron chi connectivity index (χ1n) is 10.4. The van der Waals surface area contributed by atoms with Crippen LogP contribution in [-0.4, -0.2) is 35.1 Å². The third-order valence-corrected chi connectivity index (χ3v) is 6.76. The van der Waals surface area contributed by atoms with Gasteiger partial charge in [0.25, 0.3) is 5.79 Å². The highest BCUT2D eigenvalue weighted by molar-refractivity contribution is 7.15. The van der Waals surface area contributed by atoms with Crippen molar-refractivity contribution in [3.05, 3.63) is 70.2 Å². The van der Waals surface area contributed by atoms with Crippen molar-refractivity contribution in [2.24, 2.45) is 0 Å². The van der Waals surface area contributed by atoms with Gasteiger partial charge >= 0.3 is 12.1 Å². The van der Waals surface area contributed by atoms with Crippen LogP contribution in [-0.2, 0) is 27.1 Å². The number of alkyl halides is 3. The van der Waals surface area contributed by atoms with Crippen molar-refractivity contribution < 1.29 is 37.3 Å². The van der Waals surface area contributed by atoms with Gasteiger partial charge in [-0.25, -0.2) is 9.78 Å². The van der Waals surface area contributed by atoms with Crippen molar-refractivity contribution in [3.8, 4) is 16.3 Å². The van der Waals surface area contributed by atoms with E-state index in [0.29, 0.717) is 16.3 Å². The molecular weight excluding hydrogens is 471 g/mol. The first-order chi connectivity index (χ1) is 16.0. The zero-order chi connectivity index (χ0) is 24.5. The number of nitrogens with zero attached hydrogens (tertiary/aromatic N) is 1. The van der Waals surface area contributed by atoms with Gasteiger partial charge in [0.05, 0.1) is 29.3 Å². The lowest BCUT2D eigenvalue weighted by Gasteiger charge is -2.34. The summed E-state index contributed by atoms with van der Waals surface area (Å²) in [6.45, 7) is 3.95. The van der Waals surface area contributed by atoms with Crippen LogP contribution in [0.5, 0.6) is 5.75 Å². The molecule has 0 spiro atoms. The van der Waals surface area contributed by atoms with E-state index in [1.165, 1.54) is 30.4 Å². The molecule has 1 aliphatic heterocycles. The number of aromatic nitrogens is 1. The summed E-state index contributed by atoms with van der Waals surface area (Å²) in [5, 5.41) is 9.79. The van der Waals surface area contributed by atoms with E-state index in [-0.39, 0.29) is 25.7 Å². The van der Waals surface area contributed by atoms with Crippen LogP contribution in [0.2, 0.25) is 0 Å². The highest BCUT2D eigenvalue weighted by atomic mass is 32.1. The van der Waals surface area contributed by atoms with Crippen LogP contribution in [0.25, 0.3) is 10.6 Å². The third kappa shape index (κ3) is 5.24. The molecule has 6 nitrogen and oxygen atoms in total. The summed E-state index contributed by atoms with van der Waals surface area (Å²) in [7, 11) is 0. The molecule has 0 radical (unpaired) electrons. The fourth-order valence-corrected chi connectivity index (χ4v) is 4.38. The molecule has 34 heavy (non-hydrogen) atoms. The van der Waals surface area contributed by atoms with Crippen molar-refractivity contribution in [3.63, 3.8) is 0 Å². The minimum absolute atomic E-state index is 0.0866. The molecule has 3 aromatic rings. The second-order valence-corrected chi connectivity index (χ2v) is 9.11. The van der Waals surface area contributed by atoms with Gasteiger partial charge in [-0.3, -0.25) is 0 Å². The molecule has 1 saturated heterocycles. The van der Waals surface area contributed by atoms with Gasteiger partial charge < -0.3 is 19.3 Å². The molecule has 2 aromatic carbocycles. The van der Waals surface area contributed by atoms with E-state index in [1.807, 2.05) is 31.2 Å². The average molecular weight is 494 g/mol. The summed E-state index contributed by atoms with van der Waals surface area (Å²) < 4.78 is 55.0. The zero-order valence-electron chi connectivity index (χ0n) is 18.4. The number of aliphatic carboxylic acids is 1. The smallest absolute Gasteiger partial charge is 0.416 e. The number of hydrogen-bond acceptors (Lipinski definition) is 6. The van der Waals surface area contributed by atoms with Gasteiger partial charge in [-0.2, -0.15) is 13.2 Å². The van der Waals surface area contributed by atoms with Crippen molar-refractivity contribution in [1.29, 1.82) is 0 Å². The first kappa shape index (κ1) is 24.2. The molecular formula is C24H22F3NO5S. The Hall–Kier alpha value is -2.95. The predicted octanol–water partition coefficient (Wildman–Crippen LogP) is 5.65. The molecule has 0 bridgehead atoms. The molecule has 0 amide bonds. The number of rotatable bonds is 6. The summed E-state index contributed by atoms with van der Waals surface area (Å²) >= 11 is 1.37. The molecule has 0 saturated carbocycles. The van der Waals surface area contributed by atoms with E-state index in [9.17, 15) is 18.0 Å². The zero-order valence-corrected chi connectivity index (χ0v) is 19.2. The van der Waals surface area contributed by atoms with Crippen LogP contribution in [0.3, 0.4) is 0 Å². The van der Waals surface area contributed by atoms with Crippen LogP contribution >= 0.6 is 11.3 Å². The van der Waals surface area contributed by atoms with Crippen molar-refractivity contribution in [1.82, 2.24) is 4.98 Å². The summed E-state index contributed by atoms with van der Waals surface area (Å²) in [5.41, 5.74) is 1.62. The maximum Gasteiger partial charge on any atom is 0.416 e. The van der Waals surface area contributed by atoms with Crippen molar-refractivity contribution in [2.75, 3.05) is 13.2 Å². The molecule has 4 rings (SSSR count). The fourth-order valence-electron chi connectivity index (χ4n) is 3.40. The summed E-state index contributed by atoms with van der Waals surface area (Å²) in [5.74, 6) is -2.22. The average Bonchev–Trinajstić information content (AvgIpc) is 3.18. The predicted molar refractivity (Wildman–Crippen MR) is 119 cm³/mol. The largest absolute Gasteiger partial charge is 0.488 e. The highest BCUT2D eigenvalue weighted by Crippen LogP contribution is 2.34. The van der Waals surface area contributed by atoms with Crippen molar-refractivity contribution in [2.45, 2.75) is 38.3 Å². The van der Waals surface area contributed by atoms with E-state index in [1.54, 1.807) is 0 Å². The molecule has 2 heterocycles. The number of carbonyl (C=O) groups is 1. The Morgan fingerprint density at radius 1 is 1.15 bits per heavy atom. The molecule has 0 unspecified atom stereocenters. The summed E-state index contributed by atoms with van der Waals surface area (Å²) in [4.78, 5) is 16.5. The molecule has 1 fully saturated rings. The number of halogens is 3. The van der Waals surface area contributed by atoms with Gasteiger partial charge in [0.2, 0.25) is 0 Å². The van der Waals surface area contributed by atoms with Gasteiger partial charge in [0.15, 0.2) is 0 Å². The first-order valence-corrected chi connectivity index (χ1v) is 11.2. The fraction of sp³-hybridized carbons (Fsp3) is 0.333. The Morgan fingerprint density at radius 2 is 1.76 bits per heavy atom. The Bertz CT molecular complexity index is 1150. The van der Waals surface area contributed by atoms with Crippen LogP contribution in [0, 0.1) is 6.92 Å². The van der Waals surface area contributed by atoms with Crippen LogP contribution < -0.4 is 4.74 Å². The molecule has 1 N–H and O–H groups in total. The van der Waals surface area contributed by atoms with E-state index in [0.717, 1.165) is 28.3 Å². The second-order valence-electron chi connectivity index (χ2n) is 8.03. The van der Waals surface area contributed by atoms with Gasteiger partial charge in [0, 0.05) is 18.4 Å². The number of hydrogen-bond donors (Lipinski definition) is 1. The number of ether oxygens (including phenoxy) is 3. The molecule has 1 aromatic heterocycles. The minimum atomic E-state index is -4.37. The summed E-state index contributed by atoms with van der Waals surface area (Å²) in [6.07, 6.45) is -4.37. The van der Waals surface area contributed by atoms with E-state index < -0.39 is 23.5 Å². The minimum Gasteiger partial charge on any atom is -0.488 e. The van der Waals surface area contributed by atoms with Gasteiger partial charge in [-0.15, -0.1) is 11.3 Å². The maximum absolute atomic E-state index is 12.8. The number of aryl methyl sites for hydroxylation is 1. The standard InChI is InChI=1S/C24H22F3NO5S/c1-14-20(34-21(28-14)16-3-7-18(8-4-16)24(25,26)27)13-31-19-9-5-15(6-10-19)17-11-32-23(2,22(29)30)33-12-17/h3-10,17H,11-13H2,1-2H3,(H,29,30)/t17-,23+. The normalized spacial score (nSPS) is 20.8. The van der Waals surface area contributed by atoms with Gasteiger partial charge in [-0.1, -0.05) is 24.3 Å². The van der Waals surface area contributed by atoms with E-state index >= 15 is 0 Å².